The van der Waals surface area contributed by atoms with Gasteiger partial charge in [-0.3, -0.25) is 9.59 Å². The molecule has 0 spiro atoms. The van der Waals surface area contributed by atoms with Crippen LogP contribution in [0.2, 0.25) is 5.02 Å². The monoisotopic (exact) mass is 629 g/mol. The fraction of sp³-hybridized carbons (Fsp3) is 0.533. The molecule has 3 aliphatic heterocycles. The van der Waals surface area contributed by atoms with Crippen molar-refractivity contribution in [3.05, 3.63) is 39.8 Å². The van der Waals surface area contributed by atoms with Crippen LogP contribution in [-0.4, -0.2) is 83.3 Å². The van der Waals surface area contributed by atoms with Gasteiger partial charge in [0.1, 0.15) is 5.02 Å². The SMILES string of the molecule is CN(C)C(=O)[C@@H]1C[C@H]2COC[C@@H](C1)N2c1ncc(Cl)c(Nc2ccc3c(c2)c2c(c(=O)n3C)OCC(F)(F)[C@H](C3CC3)N2)n1. The van der Waals surface area contributed by atoms with Gasteiger partial charge in [0.2, 0.25) is 17.6 Å². The first-order valence-electron chi connectivity index (χ1n) is 14.8. The van der Waals surface area contributed by atoms with Crippen LogP contribution < -0.4 is 25.8 Å². The van der Waals surface area contributed by atoms with E-state index in [1.807, 2.05) is 0 Å². The van der Waals surface area contributed by atoms with Crippen molar-refractivity contribution in [2.75, 3.05) is 49.4 Å². The lowest BCUT2D eigenvalue weighted by Crippen LogP contribution is -2.59. The molecule has 2 saturated heterocycles. The van der Waals surface area contributed by atoms with Crippen molar-refractivity contribution in [2.24, 2.45) is 18.9 Å². The number of aryl methyl sites for hydroxylation is 1. The number of amides is 1. The molecule has 1 aromatic carbocycles. The molecular weight excluding hydrogens is 596 g/mol. The zero-order valence-electron chi connectivity index (χ0n) is 24.6. The number of nitrogens with zero attached hydrogens (tertiary/aromatic N) is 5. The van der Waals surface area contributed by atoms with E-state index in [2.05, 4.69) is 20.5 Å². The highest BCUT2D eigenvalue weighted by Gasteiger charge is 2.51. The number of carbonyl (C=O) groups is 1. The molecule has 2 N–H and O–H groups in total. The lowest BCUT2D eigenvalue weighted by atomic mass is 9.84. The molecule has 1 saturated carbocycles. The molecule has 3 fully saturated rings. The van der Waals surface area contributed by atoms with Crippen molar-refractivity contribution in [1.82, 2.24) is 19.4 Å². The summed E-state index contributed by atoms with van der Waals surface area (Å²) in [6, 6.07) is 4.04. The highest BCUT2D eigenvalue weighted by molar-refractivity contribution is 6.33. The molecule has 234 valence electrons. The first-order chi connectivity index (χ1) is 21.0. The maximum Gasteiger partial charge on any atom is 0.301 e. The molecule has 1 amide bonds. The number of anilines is 4. The van der Waals surface area contributed by atoms with Crippen molar-refractivity contribution in [3.8, 4) is 5.75 Å². The van der Waals surface area contributed by atoms with Crippen LogP contribution in [0.4, 0.5) is 31.9 Å². The molecule has 7 rings (SSSR count). The molecule has 2 aromatic heterocycles. The normalized spacial score (nSPS) is 25.8. The number of pyridine rings is 1. The van der Waals surface area contributed by atoms with E-state index in [1.165, 1.54) is 10.8 Å². The average molecular weight is 630 g/mol. The number of aromatic nitrogens is 3. The maximum atomic E-state index is 15.0. The molecule has 1 aliphatic carbocycles. The van der Waals surface area contributed by atoms with Crippen LogP contribution in [0, 0.1) is 11.8 Å². The molecule has 4 aliphatic rings. The van der Waals surface area contributed by atoms with Crippen molar-refractivity contribution in [2.45, 2.75) is 49.7 Å². The maximum absolute atomic E-state index is 15.0. The fourth-order valence-corrected chi connectivity index (χ4v) is 6.94. The minimum atomic E-state index is -3.13. The van der Waals surface area contributed by atoms with E-state index in [0.29, 0.717) is 72.3 Å². The predicted octanol–water partition coefficient (Wildman–Crippen LogP) is 4.02. The number of carbonyl (C=O) groups excluding carboxylic acids is 1. The average Bonchev–Trinajstić information content (AvgIpc) is 3.83. The highest BCUT2D eigenvalue weighted by atomic mass is 35.5. The smallest absolute Gasteiger partial charge is 0.301 e. The van der Waals surface area contributed by atoms with Crippen LogP contribution in [0.5, 0.6) is 5.75 Å². The van der Waals surface area contributed by atoms with Crippen LogP contribution in [0.3, 0.4) is 0 Å². The van der Waals surface area contributed by atoms with Gasteiger partial charge in [0, 0.05) is 38.1 Å². The Balaban J connectivity index is 1.22. The van der Waals surface area contributed by atoms with Crippen molar-refractivity contribution >= 4 is 51.6 Å². The largest absolute Gasteiger partial charge is 0.480 e. The summed E-state index contributed by atoms with van der Waals surface area (Å²) in [7, 11) is 5.13. The van der Waals surface area contributed by atoms with Crippen LogP contribution in [0.25, 0.3) is 10.9 Å². The van der Waals surface area contributed by atoms with Crippen molar-refractivity contribution in [1.29, 1.82) is 0 Å². The van der Waals surface area contributed by atoms with E-state index in [9.17, 15) is 9.59 Å². The number of benzene rings is 1. The molecular formula is C30H34ClF2N7O4. The van der Waals surface area contributed by atoms with E-state index in [-0.39, 0.29) is 41.3 Å². The summed E-state index contributed by atoms with van der Waals surface area (Å²) in [5, 5.41) is 7.12. The van der Waals surface area contributed by atoms with Crippen LogP contribution in [0.15, 0.2) is 29.2 Å². The summed E-state index contributed by atoms with van der Waals surface area (Å²) in [6.07, 6.45) is 4.20. The molecule has 11 nitrogen and oxygen atoms in total. The Morgan fingerprint density at radius 1 is 1.20 bits per heavy atom. The van der Waals surface area contributed by atoms with Crippen molar-refractivity contribution in [3.63, 3.8) is 0 Å². The second-order valence-electron chi connectivity index (χ2n) is 12.5. The topological polar surface area (TPSA) is 114 Å². The third-order valence-electron chi connectivity index (χ3n) is 9.15. The third-order valence-corrected chi connectivity index (χ3v) is 9.42. The zero-order chi connectivity index (χ0) is 30.9. The van der Waals surface area contributed by atoms with Crippen molar-refractivity contribution < 1.29 is 23.0 Å². The molecule has 44 heavy (non-hydrogen) atoms. The van der Waals surface area contributed by atoms with Gasteiger partial charge in [-0.15, -0.1) is 0 Å². The minimum absolute atomic E-state index is 0.0635. The number of ether oxygens (including phenoxy) is 2. The van der Waals surface area contributed by atoms with E-state index in [4.69, 9.17) is 26.1 Å². The van der Waals surface area contributed by atoms with Crippen LogP contribution >= 0.6 is 11.6 Å². The standard InChI is InChI=1S/C30H34ClF2N7O4/c1-38(2)27(41)16-8-18-12-43-13-19(9-16)40(18)29-34-11-21(31)26(37-29)35-17-6-7-22-20(10-17)23-24(28(42)39(22)3)44-14-30(32,33)25(36-23)15-4-5-15/h6-7,10-11,15-16,18-19,25,36H,4-5,8-9,12-14H2,1-3H3,(H,34,35,37)/t16-,18+,19-,25-/m0/s1. The van der Waals surface area contributed by atoms with E-state index < -0.39 is 24.1 Å². The number of hydrogen-bond acceptors (Lipinski definition) is 9. The van der Waals surface area contributed by atoms with Crippen LogP contribution in [-0.2, 0) is 16.6 Å². The summed E-state index contributed by atoms with van der Waals surface area (Å²) < 4.78 is 42.8. The quantitative estimate of drug-likeness (QED) is 0.432. The number of alkyl halides is 2. The summed E-state index contributed by atoms with van der Waals surface area (Å²) in [4.78, 5) is 38.9. The number of piperidine rings is 1. The van der Waals surface area contributed by atoms with E-state index >= 15 is 8.78 Å². The van der Waals surface area contributed by atoms with Gasteiger partial charge in [0.25, 0.3) is 5.56 Å². The number of hydrogen-bond donors (Lipinski definition) is 2. The molecule has 0 radical (unpaired) electrons. The van der Waals surface area contributed by atoms with Gasteiger partial charge < -0.3 is 34.5 Å². The number of rotatable bonds is 5. The summed E-state index contributed by atoms with van der Waals surface area (Å²) >= 11 is 6.56. The van der Waals surface area contributed by atoms with E-state index in [0.717, 1.165) is 0 Å². The van der Waals surface area contributed by atoms with Gasteiger partial charge in [-0.1, -0.05) is 11.6 Å². The molecule has 5 heterocycles. The van der Waals surface area contributed by atoms with Gasteiger partial charge in [0.15, 0.2) is 12.4 Å². The number of halogens is 3. The second kappa shape index (κ2) is 10.7. The Morgan fingerprint density at radius 3 is 2.61 bits per heavy atom. The minimum Gasteiger partial charge on any atom is -0.480 e. The van der Waals surface area contributed by atoms with Gasteiger partial charge in [0.05, 0.1) is 48.7 Å². The Hall–Kier alpha value is -3.71. The zero-order valence-corrected chi connectivity index (χ0v) is 25.4. The molecule has 14 heteroatoms. The predicted molar refractivity (Wildman–Crippen MR) is 162 cm³/mol. The Kier molecular flexibility index (Phi) is 7.07. The van der Waals surface area contributed by atoms with Gasteiger partial charge >= 0.3 is 5.92 Å². The third kappa shape index (κ3) is 4.99. The van der Waals surface area contributed by atoms with Crippen LogP contribution in [0.1, 0.15) is 25.7 Å². The summed E-state index contributed by atoms with van der Waals surface area (Å²) in [5.74, 6) is -2.57. The summed E-state index contributed by atoms with van der Waals surface area (Å²) in [6.45, 7) is 0.0691. The van der Waals surface area contributed by atoms with E-state index in [1.54, 1.807) is 44.2 Å². The summed E-state index contributed by atoms with van der Waals surface area (Å²) in [5.41, 5.74) is 0.928. The molecule has 2 bridgehead atoms. The Morgan fingerprint density at radius 2 is 1.93 bits per heavy atom. The Labute approximate surface area is 257 Å². The lowest BCUT2D eigenvalue weighted by Gasteiger charge is -2.48. The second-order valence-corrected chi connectivity index (χ2v) is 12.9. The first-order valence-corrected chi connectivity index (χ1v) is 15.2. The van der Waals surface area contributed by atoms with Gasteiger partial charge in [-0.2, -0.15) is 4.98 Å². The molecule has 3 aromatic rings. The van der Waals surface area contributed by atoms with Gasteiger partial charge in [-0.05, 0) is 49.8 Å². The lowest BCUT2D eigenvalue weighted by molar-refractivity contribution is -0.135. The number of morpholine rings is 1. The number of fused-ring (bicyclic) bond motifs is 5. The number of nitrogens with one attached hydrogen (secondary N) is 2. The molecule has 4 atom stereocenters. The Bertz CT molecular complexity index is 1680. The van der Waals surface area contributed by atoms with Gasteiger partial charge in [-0.25, -0.2) is 13.8 Å². The highest BCUT2D eigenvalue weighted by Crippen LogP contribution is 2.46. The molecule has 0 unspecified atom stereocenters. The fourth-order valence-electron chi connectivity index (χ4n) is 6.80. The first kappa shape index (κ1) is 29.0.